The third-order valence-corrected chi connectivity index (χ3v) is 7.40. The van der Waals surface area contributed by atoms with Crippen LogP contribution in [0.5, 0.6) is 0 Å². The highest BCUT2D eigenvalue weighted by Crippen LogP contribution is 2.29. The summed E-state index contributed by atoms with van der Waals surface area (Å²) < 4.78 is 13.5. The van der Waals surface area contributed by atoms with Crippen molar-refractivity contribution in [2.75, 3.05) is 50.7 Å². The van der Waals surface area contributed by atoms with Crippen LogP contribution in [0, 0.1) is 5.82 Å². The van der Waals surface area contributed by atoms with Gasteiger partial charge in [-0.1, -0.05) is 48.9 Å². The number of hydrogen-bond acceptors (Lipinski definition) is 3. The normalized spacial score (nSPS) is 19.5. The molecular formula is C29H34FN3O. The Kier molecular flexibility index (Phi) is 7.21. The first kappa shape index (κ1) is 23.0. The fourth-order valence-electron chi connectivity index (χ4n) is 5.42. The van der Waals surface area contributed by atoms with Gasteiger partial charge in [0, 0.05) is 25.3 Å². The molecule has 5 heteroatoms. The van der Waals surface area contributed by atoms with Gasteiger partial charge < -0.3 is 9.80 Å². The van der Waals surface area contributed by atoms with Gasteiger partial charge in [-0.25, -0.2) is 4.39 Å². The van der Waals surface area contributed by atoms with Crippen molar-refractivity contribution in [2.45, 2.75) is 31.6 Å². The predicted molar refractivity (Wildman–Crippen MR) is 137 cm³/mol. The third kappa shape index (κ3) is 5.48. The van der Waals surface area contributed by atoms with Gasteiger partial charge in [0.15, 0.2) is 0 Å². The van der Waals surface area contributed by atoms with Crippen LogP contribution in [0.1, 0.15) is 37.2 Å². The lowest BCUT2D eigenvalue weighted by Gasteiger charge is -2.30. The Morgan fingerprint density at radius 2 is 1.65 bits per heavy atom. The Labute approximate surface area is 202 Å². The molecule has 2 heterocycles. The fourth-order valence-corrected chi connectivity index (χ4v) is 5.42. The van der Waals surface area contributed by atoms with E-state index in [-0.39, 0.29) is 11.7 Å². The summed E-state index contributed by atoms with van der Waals surface area (Å²) in [5.74, 6) is 0.358. The minimum atomic E-state index is -0.273. The summed E-state index contributed by atoms with van der Waals surface area (Å²) in [6, 6.07) is 21.7. The van der Waals surface area contributed by atoms with Gasteiger partial charge in [0.05, 0.1) is 6.54 Å². The first-order valence-corrected chi connectivity index (χ1v) is 12.6. The van der Waals surface area contributed by atoms with Crippen molar-refractivity contribution < 1.29 is 9.18 Å². The van der Waals surface area contributed by atoms with Gasteiger partial charge in [0.1, 0.15) is 5.82 Å². The van der Waals surface area contributed by atoms with E-state index in [0.29, 0.717) is 19.0 Å². The van der Waals surface area contributed by atoms with E-state index in [1.807, 2.05) is 4.90 Å². The van der Waals surface area contributed by atoms with E-state index in [1.165, 1.54) is 34.9 Å². The first-order chi connectivity index (χ1) is 16.7. The molecule has 1 amide bonds. The Bertz CT molecular complexity index is 1110. The smallest absolute Gasteiger partial charge is 0.241 e. The molecule has 178 valence electrons. The molecule has 2 aliphatic rings. The number of rotatable bonds is 7. The van der Waals surface area contributed by atoms with Crippen molar-refractivity contribution in [2.24, 2.45) is 0 Å². The zero-order valence-electron chi connectivity index (χ0n) is 19.8. The zero-order valence-corrected chi connectivity index (χ0v) is 19.8. The number of carbonyl (C=O) groups is 1. The lowest BCUT2D eigenvalue weighted by Crippen LogP contribution is -2.45. The van der Waals surface area contributed by atoms with E-state index in [2.05, 4.69) is 52.3 Å². The molecule has 0 saturated carbocycles. The molecule has 2 saturated heterocycles. The van der Waals surface area contributed by atoms with Gasteiger partial charge in [-0.15, -0.1) is 0 Å². The Morgan fingerprint density at radius 1 is 0.882 bits per heavy atom. The number of carbonyl (C=O) groups excluding carboxylic acids is 1. The van der Waals surface area contributed by atoms with Crippen LogP contribution in [0.25, 0.3) is 10.8 Å². The number of anilines is 1. The monoisotopic (exact) mass is 459 g/mol. The summed E-state index contributed by atoms with van der Waals surface area (Å²) in [5.41, 5.74) is 2.19. The molecule has 1 unspecified atom stereocenters. The maximum Gasteiger partial charge on any atom is 0.241 e. The fraction of sp³-hybridized carbons (Fsp3) is 0.414. The van der Waals surface area contributed by atoms with Crippen LogP contribution in [0.4, 0.5) is 10.1 Å². The van der Waals surface area contributed by atoms with E-state index in [0.717, 1.165) is 57.7 Å². The van der Waals surface area contributed by atoms with Crippen molar-refractivity contribution in [1.82, 2.24) is 9.80 Å². The molecule has 2 fully saturated rings. The molecule has 0 N–H and O–H groups in total. The van der Waals surface area contributed by atoms with E-state index in [1.54, 1.807) is 12.1 Å². The molecule has 1 atom stereocenters. The minimum Gasteiger partial charge on any atom is -0.310 e. The summed E-state index contributed by atoms with van der Waals surface area (Å²) in [4.78, 5) is 19.9. The second-order valence-corrected chi connectivity index (χ2v) is 9.75. The molecule has 2 aliphatic heterocycles. The van der Waals surface area contributed by atoms with Gasteiger partial charge in [0.25, 0.3) is 0 Å². The van der Waals surface area contributed by atoms with Gasteiger partial charge in [-0.2, -0.15) is 0 Å². The molecule has 0 aromatic heterocycles. The average Bonchev–Trinajstić information content (AvgIpc) is 3.34. The quantitative estimate of drug-likeness (QED) is 0.481. The Hall–Kier alpha value is -2.76. The molecule has 0 aliphatic carbocycles. The molecule has 34 heavy (non-hydrogen) atoms. The first-order valence-electron chi connectivity index (χ1n) is 12.6. The number of hydrogen-bond donors (Lipinski definition) is 0. The summed E-state index contributed by atoms with van der Waals surface area (Å²) in [7, 11) is 0. The summed E-state index contributed by atoms with van der Waals surface area (Å²) in [6.07, 6.45) is 4.71. The number of likely N-dealkylation sites (tertiary alicyclic amines) is 2. The summed E-state index contributed by atoms with van der Waals surface area (Å²) >= 11 is 0. The summed E-state index contributed by atoms with van der Waals surface area (Å²) in [6.45, 7) is 5.92. The van der Waals surface area contributed by atoms with Crippen molar-refractivity contribution in [3.05, 3.63) is 78.1 Å². The van der Waals surface area contributed by atoms with Crippen molar-refractivity contribution in [3.63, 3.8) is 0 Å². The average molecular weight is 460 g/mol. The molecule has 4 nitrogen and oxygen atoms in total. The van der Waals surface area contributed by atoms with Crippen LogP contribution in [-0.4, -0.2) is 61.5 Å². The molecule has 3 aromatic rings. The third-order valence-electron chi connectivity index (χ3n) is 7.40. The van der Waals surface area contributed by atoms with E-state index in [9.17, 15) is 9.18 Å². The highest BCUT2D eigenvalue weighted by molar-refractivity contribution is 5.94. The number of amides is 1. The summed E-state index contributed by atoms with van der Waals surface area (Å²) in [5, 5.41) is 2.58. The van der Waals surface area contributed by atoms with Crippen molar-refractivity contribution in [3.8, 4) is 0 Å². The lowest BCUT2D eigenvalue weighted by molar-refractivity contribution is -0.120. The number of benzene rings is 3. The second-order valence-electron chi connectivity index (χ2n) is 9.75. The van der Waals surface area contributed by atoms with E-state index in [4.69, 9.17) is 0 Å². The highest BCUT2D eigenvalue weighted by Gasteiger charge is 2.26. The van der Waals surface area contributed by atoms with Gasteiger partial charge in [-0.3, -0.25) is 9.69 Å². The second kappa shape index (κ2) is 10.7. The molecule has 5 rings (SSSR count). The van der Waals surface area contributed by atoms with Crippen LogP contribution in [0.15, 0.2) is 66.7 Å². The van der Waals surface area contributed by atoms with Crippen molar-refractivity contribution in [1.29, 1.82) is 0 Å². The highest BCUT2D eigenvalue weighted by atomic mass is 19.1. The molecule has 0 bridgehead atoms. The number of halogens is 1. The molecule has 0 radical (unpaired) electrons. The van der Waals surface area contributed by atoms with Crippen LogP contribution in [-0.2, 0) is 4.79 Å². The minimum absolute atomic E-state index is 0.110. The van der Waals surface area contributed by atoms with Gasteiger partial charge >= 0.3 is 0 Å². The van der Waals surface area contributed by atoms with E-state index < -0.39 is 0 Å². The topological polar surface area (TPSA) is 26.8 Å². The van der Waals surface area contributed by atoms with Crippen LogP contribution in [0.2, 0.25) is 0 Å². The Balaban J connectivity index is 1.23. The van der Waals surface area contributed by atoms with Gasteiger partial charge in [0.2, 0.25) is 5.91 Å². The predicted octanol–water partition coefficient (Wildman–Crippen LogP) is 5.29. The van der Waals surface area contributed by atoms with Crippen LogP contribution in [0.3, 0.4) is 0 Å². The SMILES string of the molecule is O=C(CN1CCCCC1)N(CCN1CCC(c2ccc3ccccc3c2)C1)c1ccc(F)cc1. The lowest BCUT2D eigenvalue weighted by atomic mass is 9.96. The number of piperidine rings is 1. The molecular weight excluding hydrogens is 425 g/mol. The maximum atomic E-state index is 13.5. The van der Waals surface area contributed by atoms with Gasteiger partial charge in [-0.05, 0) is 85.4 Å². The molecule has 3 aromatic carbocycles. The largest absolute Gasteiger partial charge is 0.310 e. The van der Waals surface area contributed by atoms with E-state index >= 15 is 0 Å². The molecule has 0 spiro atoms. The standard InChI is InChI=1S/C29H34FN3O/c30-27-10-12-28(13-11-27)33(29(34)22-31-15-4-1-5-16-31)19-18-32-17-14-26(21-32)25-9-8-23-6-2-3-7-24(23)20-25/h2-3,6-13,20,26H,1,4-5,14-19,21-22H2. The maximum absolute atomic E-state index is 13.5. The zero-order chi connectivity index (χ0) is 23.3. The number of nitrogens with zero attached hydrogens (tertiary/aromatic N) is 3. The van der Waals surface area contributed by atoms with Crippen LogP contribution >= 0.6 is 0 Å². The van der Waals surface area contributed by atoms with Crippen LogP contribution < -0.4 is 4.90 Å². The number of fused-ring (bicyclic) bond motifs is 1. The Morgan fingerprint density at radius 3 is 2.44 bits per heavy atom. The van der Waals surface area contributed by atoms with Crippen molar-refractivity contribution >= 4 is 22.4 Å².